The largest absolute Gasteiger partial charge is 0.497 e. The fourth-order valence-electron chi connectivity index (χ4n) is 3.19. The van der Waals surface area contributed by atoms with Crippen LogP contribution in [-0.4, -0.2) is 38.0 Å². The monoisotopic (exact) mass is 514 g/mol. The van der Waals surface area contributed by atoms with Gasteiger partial charge in [-0.15, -0.1) is 5.10 Å². The molecule has 0 saturated heterocycles. The summed E-state index contributed by atoms with van der Waals surface area (Å²) < 4.78 is 6.86. The number of methoxy groups -OCH3 is 1. The van der Waals surface area contributed by atoms with Crippen molar-refractivity contribution in [3.8, 4) is 11.4 Å². The number of hydrogen-bond acceptors (Lipinski definition) is 7. The Kier molecular flexibility index (Phi) is 7.35. The number of benzene rings is 2. The number of aryl methyl sites for hydroxylation is 2. The molecule has 0 aliphatic heterocycles. The number of halogens is 2. The number of aromatic nitrogens is 5. The molecule has 1 amide bonds. The highest BCUT2D eigenvalue weighted by molar-refractivity contribution is 7.98. The van der Waals surface area contributed by atoms with Crippen LogP contribution in [0.25, 0.3) is 5.69 Å². The lowest BCUT2D eigenvalue weighted by molar-refractivity contribution is 0.102. The van der Waals surface area contributed by atoms with Crippen molar-refractivity contribution in [3.63, 3.8) is 0 Å². The van der Waals surface area contributed by atoms with Gasteiger partial charge >= 0.3 is 0 Å². The maximum Gasteiger partial charge on any atom is 0.278 e. The number of amides is 1. The Morgan fingerprint density at radius 3 is 2.38 bits per heavy atom. The van der Waals surface area contributed by atoms with Crippen LogP contribution in [-0.2, 0) is 5.75 Å². The highest BCUT2D eigenvalue weighted by atomic mass is 35.5. The van der Waals surface area contributed by atoms with Crippen LogP contribution in [0.1, 0.15) is 27.6 Å². The van der Waals surface area contributed by atoms with Crippen LogP contribution in [0.5, 0.6) is 5.75 Å². The molecule has 0 aliphatic carbocycles. The third-order valence-corrected chi connectivity index (χ3v) is 6.37. The first-order chi connectivity index (χ1) is 16.3. The van der Waals surface area contributed by atoms with Gasteiger partial charge in [0.15, 0.2) is 10.9 Å². The van der Waals surface area contributed by atoms with E-state index in [1.54, 1.807) is 30.0 Å². The van der Waals surface area contributed by atoms with Crippen LogP contribution in [0.15, 0.2) is 53.7 Å². The van der Waals surface area contributed by atoms with Crippen LogP contribution in [0.4, 0.5) is 5.69 Å². The summed E-state index contributed by atoms with van der Waals surface area (Å²) in [4.78, 5) is 22.1. The van der Waals surface area contributed by atoms with Gasteiger partial charge in [-0.2, -0.15) is 0 Å². The Morgan fingerprint density at radius 2 is 1.74 bits per heavy atom. The van der Waals surface area contributed by atoms with Gasteiger partial charge in [-0.1, -0.05) is 40.2 Å². The maximum absolute atomic E-state index is 13.1. The quantitative estimate of drug-likeness (QED) is 0.255. The number of anilines is 1. The van der Waals surface area contributed by atoms with Crippen molar-refractivity contribution in [2.24, 2.45) is 0 Å². The van der Waals surface area contributed by atoms with Gasteiger partial charge in [-0.05, 0) is 62.4 Å². The first-order valence-corrected chi connectivity index (χ1v) is 11.9. The first-order valence-electron chi connectivity index (χ1n) is 10.1. The van der Waals surface area contributed by atoms with Gasteiger partial charge in [0.05, 0.1) is 28.5 Å². The topological polar surface area (TPSA) is 94.8 Å². The average Bonchev–Trinajstić information content (AvgIpc) is 3.23. The van der Waals surface area contributed by atoms with Crippen molar-refractivity contribution < 1.29 is 9.53 Å². The Bertz CT molecular complexity index is 1320. The predicted octanol–water partition coefficient (Wildman–Crippen LogP) is 5.53. The normalized spacial score (nSPS) is 10.9. The molecule has 0 unspecified atom stereocenters. The molecule has 2 heterocycles. The zero-order valence-electron chi connectivity index (χ0n) is 18.5. The molecule has 174 valence electrons. The third-order valence-electron chi connectivity index (χ3n) is 4.77. The molecule has 4 rings (SSSR count). The van der Waals surface area contributed by atoms with E-state index in [0.29, 0.717) is 38.1 Å². The molecule has 0 atom stereocenters. The Labute approximate surface area is 210 Å². The molecule has 0 bridgehead atoms. The molecule has 0 spiro atoms. The second kappa shape index (κ2) is 10.4. The van der Waals surface area contributed by atoms with Gasteiger partial charge in [0.25, 0.3) is 5.91 Å². The van der Waals surface area contributed by atoms with E-state index < -0.39 is 5.91 Å². The van der Waals surface area contributed by atoms with Crippen LogP contribution in [0.2, 0.25) is 10.0 Å². The number of nitrogens with one attached hydrogen (secondary N) is 1. The second-order valence-electron chi connectivity index (χ2n) is 7.30. The van der Waals surface area contributed by atoms with Crippen molar-refractivity contribution in [3.05, 3.63) is 81.4 Å². The van der Waals surface area contributed by atoms with E-state index in [9.17, 15) is 4.79 Å². The highest BCUT2D eigenvalue weighted by Gasteiger charge is 2.22. The van der Waals surface area contributed by atoms with Gasteiger partial charge in [-0.3, -0.25) is 4.79 Å². The summed E-state index contributed by atoms with van der Waals surface area (Å²) in [5, 5.41) is 12.6. The number of carbonyl (C=O) groups excluding carboxylic acids is 1. The van der Waals surface area contributed by atoms with Crippen LogP contribution in [0.3, 0.4) is 0 Å². The number of thioether (sulfide) groups is 1. The molecule has 0 radical (unpaired) electrons. The Morgan fingerprint density at radius 1 is 1.03 bits per heavy atom. The summed E-state index contributed by atoms with van der Waals surface area (Å²) in [5.74, 6) is 0.655. The standard InChI is InChI=1S/C23H20Cl2N6O2S/c1-13-10-14(2)27-23(26-13)34-12-20-21(22(32)28-15-4-9-18(24)19(25)11-15)29-30-31(20)16-5-7-17(33-3)8-6-16/h4-11H,12H2,1-3H3,(H,28,32). The summed E-state index contributed by atoms with van der Waals surface area (Å²) in [6.45, 7) is 3.83. The lowest BCUT2D eigenvalue weighted by atomic mass is 10.2. The van der Waals surface area contributed by atoms with E-state index in [1.165, 1.54) is 11.8 Å². The van der Waals surface area contributed by atoms with Crippen molar-refractivity contribution in [2.75, 3.05) is 12.4 Å². The number of hydrogen-bond donors (Lipinski definition) is 1. The molecular formula is C23H20Cl2N6O2S. The predicted molar refractivity (Wildman–Crippen MR) is 133 cm³/mol. The van der Waals surface area contributed by atoms with Crippen molar-refractivity contribution >= 4 is 46.6 Å². The molecule has 2 aromatic carbocycles. The summed E-state index contributed by atoms with van der Waals surface area (Å²) in [7, 11) is 1.60. The number of ether oxygens (including phenoxy) is 1. The van der Waals surface area contributed by atoms with Gasteiger partial charge in [0.1, 0.15) is 5.75 Å². The van der Waals surface area contributed by atoms with Crippen molar-refractivity contribution in [1.29, 1.82) is 0 Å². The smallest absolute Gasteiger partial charge is 0.278 e. The molecule has 11 heteroatoms. The maximum atomic E-state index is 13.1. The minimum atomic E-state index is -0.421. The van der Waals surface area contributed by atoms with Crippen LogP contribution in [0, 0.1) is 13.8 Å². The zero-order valence-corrected chi connectivity index (χ0v) is 20.9. The summed E-state index contributed by atoms with van der Waals surface area (Å²) in [6.07, 6.45) is 0. The van der Waals surface area contributed by atoms with Gasteiger partial charge in [0, 0.05) is 22.8 Å². The van der Waals surface area contributed by atoms with E-state index in [4.69, 9.17) is 27.9 Å². The molecule has 34 heavy (non-hydrogen) atoms. The SMILES string of the molecule is COc1ccc(-n2nnc(C(=O)Nc3ccc(Cl)c(Cl)c3)c2CSc2nc(C)cc(C)n2)cc1. The minimum Gasteiger partial charge on any atom is -0.497 e. The Balaban J connectivity index is 1.67. The minimum absolute atomic E-state index is 0.179. The molecule has 1 N–H and O–H groups in total. The van der Waals surface area contributed by atoms with Gasteiger partial charge in [-0.25, -0.2) is 14.6 Å². The van der Waals surface area contributed by atoms with Crippen molar-refractivity contribution in [1.82, 2.24) is 25.0 Å². The third kappa shape index (κ3) is 5.49. The lowest BCUT2D eigenvalue weighted by Crippen LogP contribution is -2.15. The van der Waals surface area contributed by atoms with Crippen LogP contribution >= 0.6 is 35.0 Å². The second-order valence-corrected chi connectivity index (χ2v) is 9.06. The number of nitrogens with zero attached hydrogens (tertiary/aromatic N) is 5. The fourth-order valence-corrected chi connectivity index (χ4v) is 4.43. The molecule has 0 aliphatic rings. The average molecular weight is 515 g/mol. The van der Waals surface area contributed by atoms with Crippen molar-refractivity contribution in [2.45, 2.75) is 24.8 Å². The lowest BCUT2D eigenvalue weighted by Gasteiger charge is -2.10. The summed E-state index contributed by atoms with van der Waals surface area (Å²) in [6, 6.07) is 14.1. The zero-order chi connectivity index (χ0) is 24.2. The van der Waals surface area contributed by atoms with Gasteiger partial charge in [0.2, 0.25) is 0 Å². The Hall–Kier alpha value is -3.14. The van der Waals surface area contributed by atoms with Gasteiger partial charge < -0.3 is 10.1 Å². The van der Waals surface area contributed by atoms with E-state index in [2.05, 4.69) is 25.6 Å². The summed E-state index contributed by atoms with van der Waals surface area (Å²) in [5.41, 5.74) is 3.74. The molecular weight excluding hydrogens is 495 g/mol. The molecule has 0 saturated carbocycles. The fraction of sp³-hybridized carbons (Fsp3) is 0.174. The summed E-state index contributed by atoms with van der Waals surface area (Å²) >= 11 is 13.5. The first kappa shape index (κ1) is 24.0. The molecule has 2 aromatic heterocycles. The van der Waals surface area contributed by atoms with Crippen LogP contribution < -0.4 is 10.1 Å². The van der Waals surface area contributed by atoms with E-state index in [1.807, 2.05) is 44.2 Å². The molecule has 0 fully saturated rings. The highest BCUT2D eigenvalue weighted by Crippen LogP contribution is 2.27. The molecule has 4 aromatic rings. The number of carbonyl (C=O) groups is 1. The number of rotatable bonds is 7. The van der Waals surface area contributed by atoms with E-state index in [0.717, 1.165) is 17.1 Å². The molecule has 8 nitrogen and oxygen atoms in total. The van der Waals surface area contributed by atoms with E-state index >= 15 is 0 Å². The van der Waals surface area contributed by atoms with E-state index in [-0.39, 0.29) is 5.69 Å².